The highest BCUT2D eigenvalue weighted by Crippen LogP contribution is 2.31. The minimum absolute atomic E-state index is 0.0365. The Morgan fingerprint density at radius 3 is 2.62 bits per heavy atom. The Labute approximate surface area is 160 Å². The molecule has 1 aliphatic heterocycles. The van der Waals surface area contributed by atoms with Gasteiger partial charge in [0, 0.05) is 4.47 Å². The molecule has 0 saturated carbocycles. The molecular weight excluding hydrogens is 398 g/mol. The second-order valence-electron chi connectivity index (χ2n) is 5.89. The summed E-state index contributed by atoms with van der Waals surface area (Å²) in [5.74, 6) is 1.03. The molecule has 1 heterocycles. The summed E-state index contributed by atoms with van der Waals surface area (Å²) in [6, 6.07) is 12.9. The molecule has 26 heavy (non-hydrogen) atoms. The molecule has 0 aromatic heterocycles. The van der Waals surface area contributed by atoms with Gasteiger partial charge in [-0.05, 0) is 65.7 Å². The van der Waals surface area contributed by atoms with Crippen molar-refractivity contribution in [1.29, 1.82) is 0 Å². The van der Waals surface area contributed by atoms with Crippen molar-refractivity contribution in [3.8, 4) is 11.5 Å². The van der Waals surface area contributed by atoms with Gasteiger partial charge in [0.1, 0.15) is 0 Å². The number of benzene rings is 2. The van der Waals surface area contributed by atoms with Crippen molar-refractivity contribution in [2.75, 3.05) is 7.11 Å². The van der Waals surface area contributed by atoms with Crippen molar-refractivity contribution in [3.63, 3.8) is 0 Å². The van der Waals surface area contributed by atoms with Gasteiger partial charge in [-0.25, -0.2) is 9.79 Å². The Bertz CT molecular complexity index is 902. The highest BCUT2D eigenvalue weighted by atomic mass is 79.9. The summed E-state index contributed by atoms with van der Waals surface area (Å²) in [6.45, 7) is 3.89. The van der Waals surface area contributed by atoms with E-state index in [1.54, 1.807) is 19.3 Å². The molecular formula is C20H18BrNO4. The van der Waals surface area contributed by atoms with Gasteiger partial charge in [-0.3, -0.25) is 0 Å². The minimum atomic E-state index is -0.489. The van der Waals surface area contributed by atoms with Crippen LogP contribution in [0.2, 0.25) is 0 Å². The predicted molar refractivity (Wildman–Crippen MR) is 104 cm³/mol. The SMILES string of the molecule is COc1cc(C=C2N=C(c3ccccc3Br)OC2=O)ccc1OC(C)C. The van der Waals surface area contributed by atoms with Crippen LogP contribution in [0.15, 0.2) is 57.6 Å². The zero-order valence-electron chi connectivity index (χ0n) is 14.7. The van der Waals surface area contributed by atoms with Gasteiger partial charge in [0.2, 0.25) is 5.90 Å². The zero-order chi connectivity index (χ0) is 18.7. The van der Waals surface area contributed by atoms with E-state index in [0.717, 1.165) is 15.6 Å². The highest BCUT2D eigenvalue weighted by molar-refractivity contribution is 9.10. The maximum Gasteiger partial charge on any atom is 0.363 e. The molecule has 0 aliphatic carbocycles. The summed E-state index contributed by atoms with van der Waals surface area (Å²) >= 11 is 3.44. The van der Waals surface area contributed by atoms with Crippen molar-refractivity contribution >= 4 is 33.9 Å². The van der Waals surface area contributed by atoms with E-state index in [0.29, 0.717) is 11.5 Å². The smallest absolute Gasteiger partial charge is 0.363 e. The molecule has 3 rings (SSSR count). The van der Waals surface area contributed by atoms with Crippen LogP contribution in [0.1, 0.15) is 25.0 Å². The zero-order valence-corrected chi connectivity index (χ0v) is 16.2. The van der Waals surface area contributed by atoms with Crippen molar-refractivity contribution in [3.05, 3.63) is 63.8 Å². The molecule has 0 bridgehead atoms. The minimum Gasteiger partial charge on any atom is -0.493 e. The lowest BCUT2D eigenvalue weighted by atomic mass is 10.1. The van der Waals surface area contributed by atoms with Crippen LogP contribution in [0.4, 0.5) is 0 Å². The number of hydrogen-bond acceptors (Lipinski definition) is 5. The normalized spacial score (nSPS) is 15.2. The predicted octanol–water partition coefficient (Wildman–Crippen LogP) is 4.59. The van der Waals surface area contributed by atoms with Crippen LogP contribution in [0, 0.1) is 0 Å². The van der Waals surface area contributed by atoms with E-state index in [9.17, 15) is 4.79 Å². The molecule has 2 aromatic rings. The maximum absolute atomic E-state index is 12.2. The van der Waals surface area contributed by atoms with Crippen molar-refractivity contribution < 1.29 is 19.0 Å². The first-order valence-corrected chi connectivity index (χ1v) is 8.89. The van der Waals surface area contributed by atoms with Crippen molar-refractivity contribution in [2.45, 2.75) is 20.0 Å². The summed E-state index contributed by atoms with van der Waals surface area (Å²) in [5.41, 5.74) is 1.72. The van der Waals surface area contributed by atoms with Gasteiger partial charge in [0.05, 0.1) is 18.8 Å². The topological polar surface area (TPSA) is 57.1 Å². The van der Waals surface area contributed by atoms with Crippen LogP contribution in [-0.4, -0.2) is 25.1 Å². The van der Waals surface area contributed by atoms with Crippen LogP contribution in [0.3, 0.4) is 0 Å². The number of nitrogens with zero attached hydrogens (tertiary/aromatic N) is 1. The third-order valence-electron chi connectivity index (χ3n) is 3.58. The molecule has 2 aromatic carbocycles. The van der Waals surface area contributed by atoms with Gasteiger partial charge in [-0.15, -0.1) is 0 Å². The number of methoxy groups -OCH3 is 1. The number of cyclic esters (lactones) is 1. The van der Waals surface area contributed by atoms with E-state index in [2.05, 4.69) is 20.9 Å². The van der Waals surface area contributed by atoms with E-state index in [-0.39, 0.29) is 17.7 Å². The summed E-state index contributed by atoms with van der Waals surface area (Å²) in [4.78, 5) is 16.5. The first kappa shape index (κ1) is 18.2. The number of ether oxygens (including phenoxy) is 3. The van der Waals surface area contributed by atoms with Crippen molar-refractivity contribution in [1.82, 2.24) is 0 Å². The van der Waals surface area contributed by atoms with Gasteiger partial charge >= 0.3 is 5.97 Å². The largest absolute Gasteiger partial charge is 0.493 e. The fourth-order valence-electron chi connectivity index (χ4n) is 2.44. The molecule has 6 heteroatoms. The lowest BCUT2D eigenvalue weighted by Gasteiger charge is -2.13. The third-order valence-corrected chi connectivity index (χ3v) is 4.27. The Kier molecular flexibility index (Phi) is 5.42. The van der Waals surface area contributed by atoms with E-state index < -0.39 is 5.97 Å². The molecule has 0 unspecified atom stereocenters. The molecule has 0 spiro atoms. The molecule has 1 aliphatic rings. The highest BCUT2D eigenvalue weighted by Gasteiger charge is 2.25. The Hall–Kier alpha value is -2.60. The van der Waals surface area contributed by atoms with E-state index in [1.165, 1.54) is 0 Å². The number of halogens is 1. The Balaban J connectivity index is 1.92. The number of hydrogen-bond donors (Lipinski definition) is 0. The summed E-state index contributed by atoms with van der Waals surface area (Å²) in [7, 11) is 1.58. The molecule has 0 amide bonds. The molecule has 0 atom stereocenters. The Morgan fingerprint density at radius 2 is 1.92 bits per heavy atom. The van der Waals surface area contributed by atoms with Gasteiger partial charge in [-0.1, -0.05) is 18.2 Å². The molecule has 134 valence electrons. The lowest BCUT2D eigenvalue weighted by molar-refractivity contribution is -0.129. The molecule has 0 N–H and O–H groups in total. The quantitative estimate of drug-likeness (QED) is 0.529. The van der Waals surface area contributed by atoms with Crippen LogP contribution in [0.25, 0.3) is 6.08 Å². The fourth-order valence-corrected chi connectivity index (χ4v) is 2.90. The number of carbonyl (C=O) groups is 1. The van der Waals surface area contributed by atoms with Crippen LogP contribution in [0.5, 0.6) is 11.5 Å². The average molecular weight is 416 g/mol. The van der Waals surface area contributed by atoms with E-state index in [4.69, 9.17) is 14.2 Å². The fraction of sp³-hybridized carbons (Fsp3) is 0.200. The Morgan fingerprint density at radius 1 is 1.15 bits per heavy atom. The number of carbonyl (C=O) groups excluding carboxylic acids is 1. The van der Waals surface area contributed by atoms with Crippen LogP contribution in [-0.2, 0) is 9.53 Å². The average Bonchev–Trinajstić information content (AvgIpc) is 2.96. The summed E-state index contributed by atoms with van der Waals surface area (Å²) in [6.07, 6.45) is 1.70. The molecule has 0 saturated heterocycles. The molecule has 0 fully saturated rings. The number of aliphatic imine (C=N–C) groups is 1. The van der Waals surface area contributed by atoms with Crippen molar-refractivity contribution in [2.24, 2.45) is 4.99 Å². The second-order valence-corrected chi connectivity index (χ2v) is 6.75. The van der Waals surface area contributed by atoms with Gasteiger partial charge in [0.25, 0.3) is 0 Å². The third kappa shape index (κ3) is 3.96. The van der Waals surface area contributed by atoms with E-state index >= 15 is 0 Å². The maximum atomic E-state index is 12.2. The second kappa shape index (κ2) is 7.74. The van der Waals surface area contributed by atoms with Gasteiger partial charge < -0.3 is 14.2 Å². The van der Waals surface area contributed by atoms with Crippen LogP contribution >= 0.6 is 15.9 Å². The van der Waals surface area contributed by atoms with Crippen LogP contribution < -0.4 is 9.47 Å². The lowest BCUT2D eigenvalue weighted by Crippen LogP contribution is -2.06. The summed E-state index contributed by atoms with van der Waals surface area (Å²) < 4.78 is 17.2. The first-order valence-electron chi connectivity index (χ1n) is 8.10. The van der Waals surface area contributed by atoms with E-state index in [1.807, 2.05) is 50.2 Å². The standard InChI is InChI=1S/C20H18BrNO4/c1-12(2)25-17-9-8-13(11-18(17)24-3)10-16-20(23)26-19(22-16)14-6-4-5-7-15(14)21/h4-12H,1-3H3. The van der Waals surface area contributed by atoms with Gasteiger partial charge in [0.15, 0.2) is 17.2 Å². The first-order chi connectivity index (χ1) is 12.5. The number of esters is 1. The monoisotopic (exact) mass is 415 g/mol. The van der Waals surface area contributed by atoms with Gasteiger partial charge in [-0.2, -0.15) is 0 Å². The summed E-state index contributed by atoms with van der Waals surface area (Å²) in [5, 5.41) is 0. The molecule has 5 nitrogen and oxygen atoms in total. The number of rotatable bonds is 5. The molecule has 0 radical (unpaired) electrons.